The van der Waals surface area contributed by atoms with Crippen LogP contribution in [-0.2, 0) is 0 Å². The molecule has 5 nitrogen and oxygen atoms in total. The summed E-state index contributed by atoms with van der Waals surface area (Å²) in [6.07, 6.45) is 0. The standard InChI is InChI=1S/C13H10F5NO4S/c14-24(15,16,17,18)8-3-1-7(2-4-8)19-13(23)9-5-6-10(20)12(22)11(9)21/h1-6,20-22H,(H,19,23). The van der Waals surface area contributed by atoms with E-state index in [9.17, 15) is 34.4 Å². The van der Waals surface area contributed by atoms with Gasteiger partial charge in [0, 0.05) is 5.69 Å². The van der Waals surface area contributed by atoms with Gasteiger partial charge in [-0.05, 0) is 36.4 Å². The molecule has 0 spiro atoms. The van der Waals surface area contributed by atoms with E-state index in [0.29, 0.717) is 12.1 Å². The van der Waals surface area contributed by atoms with Crippen molar-refractivity contribution in [3.05, 3.63) is 42.0 Å². The minimum atomic E-state index is -9.80. The van der Waals surface area contributed by atoms with Gasteiger partial charge in [0.2, 0.25) is 5.75 Å². The fourth-order valence-corrected chi connectivity index (χ4v) is 2.40. The maximum absolute atomic E-state index is 12.6. The first-order valence-corrected chi connectivity index (χ1v) is 8.03. The lowest BCUT2D eigenvalue weighted by atomic mass is 10.1. The van der Waals surface area contributed by atoms with Gasteiger partial charge in [0.05, 0.1) is 5.56 Å². The van der Waals surface area contributed by atoms with Gasteiger partial charge in [0.15, 0.2) is 11.5 Å². The van der Waals surface area contributed by atoms with Gasteiger partial charge in [-0.1, -0.05) is 19.4 Å². The van der Waals surface area contributed by atoms with Gasteiger partial charge in [-0.15, -0.1) is 0 Å². The number of amides is 1. The Morgan fingerprint density at radius 3 is 1.88 bits per heavy atom. The number of carbonyl (C=O) groups is 1. The van der Waals surface area contributed by atoms with E-state index in [-0.39, 0.29) is 17.8 Å². The highest BCUT2D eigenvalue weighted by molar-refractivity contribution is 8.45. The second-order valence-electron chi connectivity index (χ2n) is 4.78. The van der Waals surface area contributed by atoms with Gasteiger partial charge in [-0.2, -0.15) is 0 Å². The first-order valence-electron chi connectivity index (χ1n) is 6.08. The number of hydrogen-bond acceptors (Lipinski definition) is 4. The number of anilines is 1. The number of hydrogen-bond donors (Lipinski definition) is 4. The van der Waals surface area contributed by atoms with Gasteiger partial charge in [-0.3, -0.25) is 4.79 Å². The summed E-state index contributed by atoms with van der Waals surface area (Å²) < 4.78 is 62.9. The van der Waals surface area contributed by atoms with Gasteiger partial charge >= 0.3 is 10.2 Å². The second kappa shape index (κ2) is 4.66. The molecule has 2 rings (SSSR count). The van der Waals surface area contributed by atoms with E-state index in [1.165, 1.54) is 0 Å². The molecular weight excluding hydrogens is 361 g/mol. The Morgan fingerprint density at radius 1 is 0.833 bits per heavy atom. The second-order valence-corrected chi connectivity index (χ2v) is 7.19. The van der Waals surface area contributed by atoms with E-state index in [4.69, 9.17) is 5.11 Å². The zero-order valence-electron chi connectivity index (χ0n) is 11.5. The van der Waals surface area contributed by atoms with Crippen LogP contribution in [0.2, 0.25) is 0 Å². The number of carbonyl (C=O) groups excluding carboxylic acids is 1. The normalized spacial score (nSPS) is 14.5. The molecule has 0 unspecified atom stereocenters. The average molecular weight is 371 g/mol. The molecule has 0 fully saturated rings. The van der Waals surface area contributed by atoms with E-state index in [2.05, 4.69) is 5.32 Å². The van der Waals surface area contributed by atoms with Crippen molar-refractivity contribution in [2.75, 3.05) is 5.32 Å². The first kappa shape index (κ1) is 17.7. The minimum absolute atomic E-state index is 0.116. The maximum atomic E-state index is 12.6. The Kier molecular flexibility index (Phi) is 3.43. The molecule has 0 aliphatic heterocycles. The van der Waals surface area contributed by atoms with Crippen molar-refractivity contribution in [1.29, 1.82) is 0 Å². The summed E-state index contributed by atoms with van der Waals surface area (Å²) >= 11 is 0. The van der Waals surface area contributed by atoms with Gasteiger partial charge in [-0.25, -0.2) is 0 Å². The highest BCUT2D eigenvalue weighted by Crippen LogP contribution is 3.02. The molecular formula is C13H10F5NO4S. The molecule has 0 aliphatic rings. The molecule has 24 heavy (non-hydrogen) atoms. The monoisotopic (exact) mass is 371 g/mol. The van der Waals surface area contributed by atoms with Crippen molar-refractivity contribution in [2.24, 2.45) is 0 Å². The molecule has 11 heteroatoms. The summed E-state index contributed by atoms with van der Waals surface area (Å²) in [4.78, 5) is 9.77. The summed E-state index contributed by atoms with van der Waals surface area (Å²) in [5.74, 6) is -3.64. The summed E-state index contributed by atoms with van der Waals surface area (Å²) in [6, 6.07) is 3.31. The number of aromatic hydroxyl groups is 3. The highest BCUT2D eigenvalue weighted by atomic mass is 32.5. The zero-order valence-corrected chi connectivity index (χ0v) is 12.3. The van der Waals surface area contributed by atoms with Gasteiger partial charge in [0.1, 0.15) is 4.90 Å². The van der Waals surface area contributed by atoms with Crippen LogP contribution in [0.25, 0.3) is 0 Å². The number of nitrogens with one attached hydrogen (secondary N) is 1. The maximum Gasteiger partial charge on any atom is 0.310 e. The third-order valence-corrected chi connectivity index (χ3v) is 4.10. The smallest absolute Gasteiger partial charge is 0.310 e. The Balaban J connectivity index is 2.27. The third-order valence-electron chi connectivity index (χ3n) is 2.93. The Bertz CT molecular complexity index is 821. The van der Waals surface area contributed by atoms with Crippen LogP contribution in [-0.4, -0.2) is 21.2 Å². The summed E-state index contributed by atoms with van der Waals surface area (Å²) in [7, 11) is -9.80. The molecule has 1 amide bonds. The van der Waals surface area contributed by atoms with Crippen molar-refractivity contribution >= 4 is 21.8 Å². The lowest BCUT2D eigenvalue weighted by Crippen LogP contribution is -2.12. The van der Waals surface area contributed by atoms with Crippen LogP contribution in [0.3, 0.4) is 0 Å². The van der Waals surface area contributed by atoms with Crippen LogP contribution in [0.15, 0.2) is 41.3 Å². The summed E-state index contributed by atoms with van der Waals surface area (Å²) in [5, 5.41) is 30.0. The molecule has 0 atom stereocenters. The van der Waals surface area contributed by atoms with Crippen molar-refractivity contribution in [2.45, 2.75) is 4.90 Å². The Morgan fingerprint density at radius 2 is 1.38 bits per heavy atom. The largest absolute Gasteiger partial charge is 0.504 e. The molecule has 0 aliphatic carbocycles. The molecule has 2 aromatic rings. The lowest BCUT2D eigenvalue weighted by Gasteiger charge is -2.40. The van der Waals surface area contributed by atoms with E-state index in [1.54, 1.807) is 0 Å². The molecule has 0 saturated carbocycles. The van der Waals surface area contributed by atoms with Crippen LogP contribution in [0, 0.1) is 0 Å². The van der Waals surface area contributed by atoms with Crippen LogP contribution in [0.5, 0.6) is 17.2 Å². The van der Waals surface area contributed by atoms with Gasteiger partial charge < -0.3 is 20.6 Å². The molecule has 0 bridgehead atoms. The molecule has 0 saturated heterocycles. The van der Waals surface area contributed by atoms with Crippen molar-refractivity contribution in [3.63, 3.8) is 0 Å². The highest BCUT2D eigenvalue weighted by Gasteiger charge is 2.65. The number of halogens is 5. The number of phenols is 3. The van der Waals surface area contributed by atoms with Crippen LogP contribution < -0.4 is 5.32 Å². The Hall–Kier alpha value is -2.69. The Labute approximate surface area is 131 Å². The SMILES string of the molecule is O=C(Nc1ccc(S(F)(F)(F)(F)F)cc1)c1ccc(O)c(O)c1O. The third kappa shape index (κ3) is 3.62. The topological polar surface area (TPSA) is 89.8 Å². The van der Waals surface area contributed by atoms with Crippen LogP contribution >= 0.6 is 10.2 Å². The van der Waals surface area contributed by atoms with Gasteiger partial charge in [0.25, 0.3) is 5.91 Å². The quantitative estimate of drug-likeness (QED) is 0.465. The number of rotatable bonds is 3. The number of phenolic OH excluding ortho intramolecular Hbond substituents is 3. The molecule has 0 heterocycles. The predicted molar refractivity (Wildman–Crippen MR) is 77.2 cm³/mol. The zero-order chi connectivity index (χ0) is 18.4. The first-order chi connectivity index (χ1) is 10.7. The van der Waals surface area contributed by atoms with Crippen molar-refractivity contribution in [3.8, 4) is 17.2 Å². The van der Waals surface area contributed by atoms with Crippen molar-refractivity contribution < 1.29 is 39.5 Å². The fourth-order valence-electron chi connectivity index (χ4n) is 1.75. The lowest BCUT2D eigenvalue weighted by molar-refractivity contribution is 0.102. The van der Waals surface area contributed by atoms with E-state index in [0.717, 1.165) is 12.1 Å². The molecule has 2 aromatic carbocycles. The summed E-state index contributed by atoms with van der Waals surface area (Å²) in [6.45, 7) is 0. The minimum Gasteiger partial charge on any atom is -0.504 e. The molecule has 0 aromatic heterocycles. The summed E-state index contributed by atoms with van der Waals surface area (Å²) in [5.41, 5.74) is -0.736. The van der Waals surface area contributed by atoms with E-state index >= 15 is 0 Å². The molecule has 0 radical (unpaired) electrons. The average Bonchev–Trinajstić information content (AvgIpc) is 2.43. The number of benzene rings is 2. The fraction of sp³-hybridized carbons (Fsp3) is 0. The van der Waals surface area contributed by atoms with Crippen LogP contribution in [0.4, 0.5) is 25.1 Å². The molecule has 132 valence electrons. The predicted octanol–water partition coefficient (Wildman–Crippen LogP) is 4.71. The molecule has 4 N–H and O–H groups in total. The van der Waals surface area contributed by atoms with E-state index < -0.39 is 43.8 Å². The van der Waals surface area contributed by atoms with Crippen LogP contribution in [0.1, 0.15) is 10.4 Å². The van der Waals surface area contributed by atoms with Crippen molar-refractivity contribution in [1.82, 2.24) is 0 Å². The van der Waals surface area contributed by atoms with E-state index in [1.807, 2.05) is 0 Å².